The number of nitrogens with zero attached hydrogens (tertiary/aromatic N) is 2. The smallest absolute Gasteiger partial charge is 0.263 e. The van der Waals surface area contributed by atoms with Crippen LogP contribution in [0, 0.1) is 0 Å². The van der Waals surface area contributed by atoms with Gasteiger partial charge in [-0.25, -0.2) is 8.42 Å². The number of rotatable bonds is 4. The van der Waals surface area contributed by atoms with E-state index in [2.05, 4.69) is 9.82 Å². The zero-order chi connectivity index (χ0) is 21.8. The molecule has 0 bridgehead atoms. The number of nitrogens with one attached hydrogen (secondary N) is 1. The zero-order valence-electron chi connectivity index (χ0n) is 16.2. The molecule has 1 aliphatic rings. The molecule has 0 radical (unpaired) electrons. The normalized spacial score (nSPS) is 13.1. The van der Waals surface area contributed by atoms with Gasteiger partial charge in [-0.15, -0.1) is 11.3 Å². The molecule has 1 aliphatic carbocycles. The third kappa shape index (κ3) is 3.18. The van der Waals surface area contributed by atoms with Crippen molar-refractivity contribution in [3.05, 3.63) is 88.3 Å². The Morgan fingerprint density at radius 3 is 2.23 bits per heavy atom. The van der Waals surface area contributed by atoms with Gasteiger partial charge in [0.1, 0.15) is 11.5 Å². The molecule has 0 spiro atoms. The summed E-state index contributed by atoms with van der Waals surface area (Å²) >= 11 is 1.50. The number of ketones is 2. The number of benzene rings is 2. The Hall–Kier alpha value is -3.56. The van der Waals surface area contributed by atoms with Gasteiger partial charge in [-0.1, -0.05) is 30.3 Å². The fourth-order valence-electron chi connectivity index (χ4n) is 3.55. The lowest BCUT2D eigenvalue weighted by Crippen LogP contribution is -2.22. The highest BCUT2D eigenvalue weighted by Crippen LogP contribution is 2.30. The second-order valence-electron chi connectivity index (χ2n) is 7.03. The number of hydrogen-bond acceptors (Lipinski definition) is 6. The van der Waals surface area contributed by atoms with Gasteiger partial charge in [0.15, 0.2) is 11.6 Å². The minimum Gasteiger partial charge on any atom is -0.289 e. The van der Waals surface area contributed by atoms with Crippen LogP contribution in [0.3, 0.4) is 0 Å². The third-order valence-electron chi connectivity index (χ3n) is 5.10. The lowest BCUT2D eigenvalue weighted by Gasteiger charge is -2.18. The summed E-state index contributed by atoms with van der Waals surface area (Å²) in [5.41, 5.74) is 1.52. The summed E-state index contributed by atoms with van der Waals surface area (Å²) in [7, 11) is -2.37. The van der Waals surface area contributed by atoms with Crippen LogP contribution in [0.15, 0.2) is 70.9 Å². The predicted octanol–water partition coefficient (Wildman–Crippen LogP) is 3.72. The van der Waals surface area contributed by atoms with Gasteiger partial charge in [-0.3, -0.25) is 19.0 Å². The van der Waals surface area contributed by atoms with Crippen LogP contribution in [0.4, 0.5) is 5.82 Å². The van der Waals surface area contributed by atoms with E-state index in [1.807, 2.05) is 17.5 Å². The molecule has 0 unspecified atom stereocenters. The van der Waals surface area contributed by atoms with Crippen LogP contribution in [-0.2, 0) is 17.1 Å². The van der Waals surface area contributed by atoms with Gasteiger partial charge < -0.3 is 0 Å². The summed E-state index contributed by atoms with van der Waals surface area (Å²) in [4.78, 5) is 26.4. The molecule has 0 saturated heterocycles. The molecule has 2 aromatic heterocycles. The van der Waals surface area contributed by atoms with E-state index in [0.29, 0.717) is 11.3 Å². The van der Waals surface area contributed by atoms with Crippen molar-refractivity contribution in [1.82, 2.24) is 9.78 Å². The molecule has 4 aromatic rings. The van der Waals surface area contributed by atoms with Crippen LogP contribution in [0.1, 0.15) is 31.8 Å². The Balaban J connectivity index is 1.51. The molecular formula is C22H15N3O4S2. The molecule has 0 amide bonds. The van der Waals surface area contributed by atoms with E-state index in [9.17, 15) is 18.0 Å². The van der Waals surface area contributed by atoms with Gasteiger partial charge in [-0.05, 0) is 29.6 Å². The number of sulfonamides is 1. The number of aryl methyl sites for hydroxylation is 1. The molecule has 0 aliphatic heterocycles. The first-order valence-electron chi connectivity index (χ1n) is 9.28. The van der Waals surface area contributed by atoms with Crippen LogP contribution in [0.2, 0.25) is 0 Å². The van der Waals surface area contributed by atoms with Gasteiger partial charge in [0, 0.05) is 35.4 Å². The molecule has 1 N–H and O–H groups in total. The fraction of sp³-hybridized carbons (Fsp3) is 0.0455. The molecule has 31 heavy (non-hydrogen) atoms. The van der Waals surface area contributed by atoms with Crippen molar-refractivity contribution in [2.45, 2.75) is 4.90 Å². The Morgan fingerprint density at radius 2 is 1.55 bits per heavy atom. The maximum absolute atomic E-state index is 13.0. The highest BCUT2D eigenvalue weighted by molar-refractivity contribution is 7.92. The first-order valence-corrected chi connectivity index (χ1v) is 11.6. The average Bonchev–Trinajstić information content (AvgIpc) is 3.42. The second-order valence-corrected chi connectivity index (χ2v) is 9.66. The molecule has 0 saturated carbocycles. The Kier molecular flexibility index (Phi) is 4.38. The highest BCUT2D eigenvalue weighted by Gasteiger charge is 2.31. The number of hydrogen-bond donors (Lipinski definition) is 1. The van der Waals surface area contributed by atoms with Gasteiger partial charge in [-0.2, -0.15) is 5.10 Å². The van der Waals surface area contributed by atoms with Crippen LogP contribution in [0.5, 0.6) is 0 Å². The van der Waals surface area contributed by atoms with Crippen LogP contribution in [-0.4, -0.2) is 29.8 Å². The number of aromatic nitrogens is 2. The topological polar surface area (TPSA) is 98.1 Å². The summed E-state index contributed by atoms with van der Waals surface area (Å²) in [5.74, 6) is -0.383. The minimum absolute atomic E-state index is 0.0795. The number of carbonyl (C=O) groups is 2. The molecule has 2 aromatic carbocycles. The largest absolute Gasteiger partial charge is 0.289 e. The first-order chi connectivity index (χ1) is 14.8. The third-order valence-corrected chi connectivity index (χ3v) is 7.34. The monoisotopic (exact) mass is 449 g/mol. The van der Waals surface area contributed by atoms with E-state index >= 15 is 0 Å². The molecule has 7 nitrogen and oxygen atoms in total. The maximum atomic E-state index is 13.0. The molecule has 5 rings (SSSR count). The SMILES string of the molecule is Cn1nc(-c2cccs2)cc1NS(=O)(=O)c1ccc2c(c1)C(=O)c1ccccc1C2=O. The molecule has 154 valence electrons. The van der Waals surface area contributed by atoms with Crippen molar-refractivity contribution in [2.75, 3.05) is 4.72 Å². The first kappa shape index (κ1) is 19.4. The van der Waals surface area contributed by atoms with Crippen molar-refractivity contribution in [3.8, 4) is 10.6 Å². The van der Waals surface area contributed by atoms with Crippen molar-refractivity contribution in [2.24, 2.45) is 7.05 Å². The van der Waals surface area contributed by atoms with Crippen LogP contribution in [0.25, 0.3) is 10.6 Å². The van der Waals surface area contributed by atoms with E-state index < -0.39 is 10.0 Å². The van der Waals surface area contributed by atoms with Crippen molar-refractivity contribution in [3.63, 3.8) is 0 Å². The van der Waals surface area contributed by atoms with Crippen molar-refractivity contribution < 1.29 is 18.0 Å². The number of anilines is 1. The fourth-order valence-corrected chi connectivity index (χ4v) is 5.34. The summed E-state index contributed by atoms with van der Waals surface area (Å²) in [6, 6.07) is 15.9. The zero-order valence-corrected chi connectivity index (χ0v) is 17.8. The maximum Gasteiger partial charge on any atom is 0.263 e. The molecule has 0 atom stereocenters. The van der Waals surface area contributed by atoms with E-state index in [1.54, 1.807) is 37.4 Å². The van der Waals surface area contributed by atoms with Gasteiger partial charge in [0.25, 0.3) is 10.0 Å². The lowest BCUT2D eigenvalue weighted by atomic mass is 9.84. The van der Waals surface area contributed by atoms with Crippen LogP contribution < -0.4 is 4.72 Å². The van der Waals surface area contributed by atoms with Crippen LogP contribution >= 0.6 is 11.3 Å². The summed E-state index contributed by atoms with van der Waals surface area (Å²) in [5, 5.41) is 6.26. The number of thiophene rings is 1. The van der Waals surface area contributed by atoms with Gasteiger partial charge in [0.2, 0.25) is 0 Å². The Morgan fingerprint density at radius 1 is 0.871 bits per heavy atom. The lowest BCUT2D eigenvalue weighted by molar-refractivity contribution is 0.0979. The van der Waals surface area contributed by atoms with E-state index in [0.717, 1.165) is 4.88 Å². The summed E-state index contributed by atoms with van der Waals surface area (Å²) in [6.45, 7) is 0. The second kappa shape index (κ2) is 7.00. The molecular weight excluding hydrogens is 434 g/mol. The highest BCUT2D eigenvalue weighted by atomic mass is 32.2. The molecule has 9 heteroatoms. The van der Waals surface area contributed by atoms with Gasteiger partial charge in [0.05, 0.1) is 9.77 Å². The Labute approximate surface area is 182 Å². The minimum atomic E-state index is -4.01. The van der Waals surface area contributed by atoms with E-state index in [-0.39, 0.29) is 39.0 Å². The average molecular weight is 450 g/mol. The quantitative estimate of drug-likeness (QED) is 0.451. The van der Waals surface area contributed by atoms with Crippen molar-refractivity contribution >= 4 is 38.7 Å². The number of fused-ring (bicyclic) bond motifs is 2. The predicted molar refractivity (Wildman–Crippen MR) is 117 cm³/mol. The Bertz CT molecular complexity index is 1470. The standard InChI is InChI=1S/C22H15N3O4S2/c1-25-20(12-18(23-25)19-7-4-10-30-19)24-31(28,29)13-8-9-16-17(11-13)22(27)15-6-3-2-5-14(15)21(16)26/h2-12,24H,1H3. The summed E-state index contributed by atoms with van der Waals surface area (Å²) < 4.78 is 30.0. The van der Waals surface area contributed by atoms with E-state index in [1.165, 1.54) is 34.2 Å². The number of carbonyl (C=O) groups excluding carboxylic acids is 2. The molecule has 0 fully saturated rings. The van der Waals surface area contributed by atoms with Crippen molar-refractivity contribution in [1.29, 1.82) is 0 Å². The van der Waals surface area contributed by atoms with E-state index in [4.69, 9.17) is 0 Å². The molecule has 2 heterocycles. The van der Waals surface area contributed by atoms with Gasteiger partial charge >= 0.3 is 0 Å². The summed E-state index contributed by atoms with van der Waals surface area (Å²) in [6.07, 6.45) is 0.